The van der Waals surface area contributed by atoms with E-state index in [9.17, 15) is 4.79 Å². The van der Waals surface area contributed by atoms with Gasteiger partial charge in [0.2, 0.25) is 0 Å². The first-order valence-electron chi connectivity index (χ1n) is 5.96. The smallest absolute Gasteiger partial charge is 0.186 e. The molecular formula is C12H20ClN3O. The van der Waals surface area contributed by atoms with E-state index < -0.39 is 0 Å². The van der Waals surface area contributed by atoms with Gasteiger partial charge in [0.1, 0.15) is 5.69 Å². The number of aromatic nitrogens is 2. The molecule has 0 bridgehead atoms. The Bertz CT molecular complexity index is 387. The lowest BCUT2D eigenvalue weighted by molar-refractivity contribution is 0.0898. The molecule has 1 atom stereocenters. The molecule has 4 nitrogen and oxygen atoms in total. The molecule has 0 aliphatic heterocycles. The Hall–Kier alpha value is -0.870. The van der Waals surface area contributed by atoms with Crippen LogP contribution in [0.25, 0.3) is 0 Å². The highest BCUT2D eigenvalue weighted by atomic mass is 35.5. The molecule has 0 spiro atoms. The summed E-state index contributed by atoms with van der Waals surface area (Å²) < 4.78 is 1.63. The SMILES string of the molecule is CCn1ncc(Cl)c1C(=O)C(CN)CC(C)C. The van der Waals surface area contributed by atoms with Crippen LogP contribution in [0.5, 0.6) is 0 Å². The van der Waals surface area contributed by atoms with E-state index in [1.807, 2.05) is 6.92 Å². The van der Waals surface area contributed by atoms with Gasteiger partial charge in [0.25, 0.3) is 0 Å². The van der Waals surface area contributed by atoms with Crippen molar-refractivity contribution >= 4 is 17.4 Å². The zero-order chi connectivity index (χ0) is 13.0. The molecule has 1 unspecified atom stereocenters. The topological polar surface area (TPSA) is 60.9 Å². The third-order valence-electron chi connectivity index (χ3n) is 2.74. The second-order valence-electron chi connectivity index (χ2n) is 4.58. The number of nitrogens with two attached hydrogens (primary N) is 1. The molecule has 2 N–H and O–H groups in total. The number of halogens is 1. The number of aryl methyl sites for hydroxylation is 1. The van der Waals surface area contributed by atoms with Crippen LogP contribution in [0.15, 0.2) is 6.20 Å². The van der Waals surface area contributed by atoms with Gasteiger partial charge in [-0.15, -0.1) is 0 Å². The average molecular weight is 258 g/mol. The van der Waals surface area contributed by atoms with Gasteiger partial charge in [-0.3, -0.25) is 9.48 Å². The van der Waals surface area contributed by atoms with Gasteiger partial charge in [-0.1, -0.05) is 25.4 Å². The van der Waals surface area contributed by atoms with E-state index in [0.717, 1.165) is 6.42 Å². The molecule has 1 aromatic heterocycles. The molecule has 5 heteroatoms. The van der Waals surface area contributed by atoms with Gasteiger partial charge in [0.15, 0.2) is 5.78 Å². The number of hydrogen-bond acceptors (Lipinski definition) is 3. The molecule has 0 saturated heterocycles. The molecule has 1 aromatic rings. The van der Waals surface area contributed by atoms with Crippen molar-refractivity contribution in [2.75, 3.05) is 6.54 Å². The first kappa shape index (κ1) is 14.2. The van der Waals surface area contributed by atoms with Crippen molar-refractivity contribution in [2.24, 2.45) is 17.6 Å². The standard InChI is InChI=1S/C12H20ClN3O/c1-4-16-11(10(13)7-15-16)12(17)9(6-14)5-8(2)3/h7-9H,4-6,14H2,1-3H3. The first-order chi connectivity index (χ1) is 8.01. The van der Waals surface area contributed by atoms with Crippen LogP contribution < -0.4 is 5.73 Å². The molecule has 96 valence electrons. The Morgan fingerprint density at radius 1 is 1.59 bits per heavy atom. The largest absolute Gasteiger partial charge is 0.330 e. The van der Waals surface area contributed by atoms with Crippen LogP contribution in [-0.4, -0.2) is 22.1 Å². The van der Waals surface area contributed by atoms with E-state index in [0.29, 0.717) is 29.7 Å². The molecular weight excluding hydrogens is 238 g/mol. The Balaban J connectivity index is 2.97. The summed E-state index contributed by atoms with van der Waals surface area (Å²) in [4.78, 5) is 12.3. The summed E-state index contributed by atoms with van der Waals surface area (Å²) in [6, 6.07) is 0. The minimum absolute atomic E-state index is 0.00514. The van der Waals surface area contributed by atoms with Crippen molar-refractivity contribution in [1.29, 1.82) is 0 Å². The predicted octanol–water partition coefficient (Wildman–Crippen LogP) is 2.36. The zero-order valence-electron chi connectivity index (χ0n) is 10.6. The van der Waals surface area contributed by atoms with Crippen molar-refractivity contribution < 1.29 is 4.79 Å². The first-order valence-corrected chi connectivity index (χ1v) is 6.34. The maximum atomic E-state index is 12.3. The van der Waals surface area contributed by atoms with E-state index in [4.69, 9.17) is 17.3 Å². The lowest BCUT2D eigenvalue weighted by atomic mass is 9.92. The van der Waals surface area contributed by atoms with Crippen LogP contribution in [0.2, 0.25) is 5.02 Å². The molecule has 0 fully saturated rings. The highest BCUT2D eigenvalue weighted by molar-refractivity contribution is 6.33. The average Bonchev–Trinajstić information content (AvgIpc) is 2.66. The summed E-state index contributed by atoms with van der Waals surface area (Å²) in [5.74, 6) is 0.268. The van der Waals surface area contributed by atoms with Gasteiger partial charge in [-0.2, -0.15) is 5.10 Å². The van der Waals surface area contributed by atoms with Crippen LogP contribution in [0, 0.1) is 11.8 Å². The maximum Gasteiger partial charge on any atom is 0.186 e. The molecule has 1 rings (SSSR count). The monoisotopic (exact) mass is 257 g/mol. The van der Waals surface area contributed by atoms with E-state index in [1.165, 1.54) is 6.20 Å². The number of nitrogens with zero attached hydrogens (tertiary/aromatic N) is 2. The summed E-state index contributed by atoms with van der Waals surface area (Å²) >= 11 is 6.01. The number of carbonyl (C=O) groups is 1. The van der Waals surface area contributed by atoms with Gasteiger partial charge in [-0.25, -0.2) is 0 Å². The highest BCUT2D eigenvalue weighted by Gasteiger charge is 2.25. The quantitative estimate of drug-likeness (QED) is 0.796. The zero-order valence-corrected chi connectivity index (χ0v) is 11.4. The van der Waals surface area contributed by atoms with Crippen molar-refractivity contribution in [3.8, 4) is 0 Å². The van der Waals surface area contributed by atoms with Crippen molar-refractivity contribution in [1.82, 2.24) is 9.78 Å². The summed E-state index contributed by atoms with van der Waals surface area (Å²) in [5, 5.41) is 4.49. The van der Waals surface area contributed by atoms with Crippen molar-refractivity contribution in [2.45, 2.75) is 33.7 Å². The summed E-state index contributed by atoms with van der Waals surface area (Å²) in [6.07, 6.45) is 2.29. The fourth-order valence-corrected chi connectivity index (χ4v) is 2.15. The molecule has 1 heterocycles. The molecule has 0 aliphatic rings. The van der Waals surface area contributed by atoms with E-state index in [1.54, 1.807) is 4.68 Å². The Labute approximate surface area is 107 Å². The third kappa shape index (κ3) is 3.30. The highest BCUT2D eigenvalue weighted by Crippen LogP contribution is 2.22. The molecule has 0 aromatic carbocycles. The second-order valence-corrected chi connectivity index (χ2v) is 4.99. The van der Waals surface area contributed by atoms with Crippen LogP contribution in [0.3, 0.4) is 0 Å². The fourth-order valence-electron chi connectivity index (χ4n) is 1.92. The van der Waals surface area contributed by atoms with E-state index in [2.05, 4.69) is 18.9 Å². The number of rotatable bonds is 6. The van der Waals surface area contributed by atoms with Gasteiger partial charge >= 0.3 is 0 Å². The number of hydrogen-bond donors (Lipinski definition) is 1. The molecule has 0 radical (unpaired) electrons. The summed E-state index contributed by atoms with van der Waals surface area (Å²) in [5.41, 5.74) is 6.17. The van der Waals surface area contributed by atoms with Gasteiger partial charge in [0.05, 0.1) is 11.2 Å². The second kappa shape index (κ2) is 6.17. The minimum atomic E-state index is -0.172. The van der Waals surface area contributed by atoms with Gasteiger partial charge in [0, 0.05) is 19.0 Å². The van der Waals surface area contributed by atoms with E-state index in [-0.39, 0.29) is 11.7 Å². The van der Waals surface area contributed by atoms with Gasteiger partial charge in [-0.05, 0) is 19.3 Å². The van der Waals surface area contributed by atoms with Crippen LogP contribution in [-0.2, 0) is 6.54 Å². The lowest BCUT2D eigenvalue weighted by Crippen LogP contribution is -2.27. The van der Waals surface area contributed by atoms with Crippen molar-refractivity contribution in [3.05, 3.63) is 16.9 Å². The Morgan fingerprint density at radius 2 is 2.24 bits per heavy atom. The van der Waals surface area contributed by atoms with E-state index >= 15 is 0 Å². The Kier molecular flexibility index (Phi) is 5.15. The number of ketones is 1. The predicted molar refractivity (Wildman–Crippen MR) is 69.2 cm³/mol. The summed E-state index contributed by atoms with van der Waals surface area (Å²) in [6.45, 7) is 7.07. The normalized spacial score (nSPS) is 13.1. The maximum absolute atomic E-state index is 12.3. The lowest BCUT2D eigenvalue weighted by Gasteiger charge is -2.16. The molecule has 0 amide bonds. The fraction of sp³-hybridized carbons (Fsp3) is 0.667. The Morgan fingerprint density at radius 3 is 2.71 bits per heavy atom. The van der Waals surface area contributed by atoms with Crippen molar-refractivity contribution in [3.63, 3.8) is 0 Å². The van der Waals surface area contributed by atoms with Crippen LogP contribution in [0.4, 0.5) is 0 Å². The molecule has 0 saturated carbocycles. The van der Waals surface area contributed by atoms with Crippen LogP contribution in [0.1, 0.15) is 37.7 Å². The van der Waals surface area contributed by atoms with Gasteiger partial charge < -0.3 is 5.73 Å². The number of carbonyl (C=O) groups excluding carboxylic acids is 1. The number of Topliss-reactive ketones (excluding diaryl/α,β-unsaturated/α-hetero) is 1. The molecule has 17 heavy (non-hydrogen) atoms. The molecule has 0 aliphatic carbocycles. The summed E-state index contributed by atoms with van der Waals surface area (Å²) in [7, 11) is 0. The third-order valence-corrected chi connectivity index (χ3v) is 3.02. The van der Waals surface area contributed by atoms with Crippen LogP contribution >= 0.6 is 11.6 Å². The minimum Gasteiger partial charge on any atom is -0.330 e.